The summed E-state index contributed by atoms with van der Waals surface area (Å²) in [5, 5.41) is 19.5. The van der Waals surface area contributed by atoms with Gasteiger partial charge in [-0.15, -0.1) is 24.5 Å². The van der Waals surface area contributed by atoms with Crippen LogP contribution in [-0.4, -0.2) is 31.0 Å². The lowest BCUT2D eigenvalue weighted by Crippen LogP contribution is -2.19. The molecule has 0 saturated heterocycles. The van der Waals surface area contributed by atoms with Gasteiger partial charge in [-0.25, -0.2) is 17.6 Å². The molecule has 188 valence electrons. The van der Waals surface area contributed by atoms with Crippen LogP contribution in [0.15, 0.2) is 59.5 Å². The number of aromatic carboxylic acids is 1. The third-order valence-corrected chi connectivity index (χ3v) is 8.13. The number of ether oxygens (including phenoxy) is 1. The molecular weight excluding hydrogens is 548 g/mol. The summed E-state index contributed by atoms with van der Waals surface area (Å²) in [6.07, 6.45) is -5.27. The number of phenols is 1. The number of hydrogen-bond donors (Lipinski definition) is 2. The minimum Gasteiger partial charge on any atom is -0.505 e. The van der Waals surface area contributed by atoms with E-state index in [1.54, 1.807) is 30.3 Å². The molecule has 0 unspecified atom stereocenters. The molecule has 1 heterocycles. The highest BCUT2D eigenvalue weighted by atomic mass is 35.5. The van der Waals surface area contributed by atoms with Crippen LogP contribution in [0.5, 0.6) is 11.5 Å². The number of thiophene rings is 1. The third kappa shape index (κ3) is 5.25. The molecule has 36 heavy (non-hydrogen) atoms. The maximum absolute atomic E-state index is 14.9. The maximum atomic E-state index is 14.9. The molecule has 4 aromatic rings. The molecule has 0 atom stereocenters. The number of phenolic OH excluding ortho intramolecular Hbond substituents is 1. The van der Waals surface area contributed by atoms with Crippen molar-refractivity contribution in [3.05, 3.63) is 76.6 Å². The van der Waals surface area contributed by atoms with Crippen LogP contribution in [0.3, 0.4) is 0 Å². The van der Waals surface area contributed by atoms with Gasteiger partial charge in [0.2, 0.25) is 0 Å². The summed E-state index contributed by atoms with van der Waals surface area (Å²) < 4.78 is 84.8. The van der Waals surface area contributed by atoms with E-state index in [1.165, 1.54) is 0 Å². The molecule has 0 aliphatic rings. The Morgan fingerprint density at radius 3 is 2.42 bits per heavy atom. The van der Waals surface area contributed by atoms with Crippen molar-refractivity contribution in [1.29, 1.82) is 0 Å². The molecule has 0 bridgehead atoms. The van der Waals surface area contributed by atoms with Gasteiger partial charge in [0.05, 0.1) is 16.3 Å². The quantitative estimate of drug-likeness (QED) is 0.256. The van der Waals surface area contributed by atoms with E-state index in [-0.39, 0.29) is 5.56 Å². The lowest BCUT2D eigenvalue weighted by molar-refractivity contribution is -0.274. The molecule has 0 amide bonds. The Bertz CT molecular complexity index is 1580. The van der Waals surface area contributed by atoms with E-state index < -0.39 is 66.3 Å². The predicted octanol–water partition coefficient (Wildman–Crippen LogP) is 6.64. The first-order chi connectivity index (χ1) is 16.7. The van der Waals surface area contributed by atoms with Gasteiger partial charge >= 0.3 is 12.3 Å². The lowest BCUT2D eigenvalue weighted by Gasteiger charge is -2.16. The fourth-order valence-corrected chi connectivity index (χ4v) is 6.31. The van der Waals surface area contributed by atoms with E-state index >= 15 is 0 Å². The SMILES string of the molecule is O=C(O)c1cc(Cl)c(O)c(S(=O)(=O)Cc2cc(-c3cc4ccccc4s3)c(F)cc2OC(F)(F)F)c1. The topological polar surface area (TPSA) is 101 Å². The second kappa shape index (κ2) is 9.26. The number of carbonyl (C=O) groups is 1. The first-order valence-electron chi connectivity index (χ1n) is 9.81. The summed E-state index contributed by atoms with van der Waals surface area (Å²) in [4.78, 5) is 10.7. The Hall–Kier alpha value is -3.35. The largest absolute Gasteiger partial charge is 0.573 e. The Morgan fingerprint density at radius 1 is 1.08 bits per heavy atom. The summed E-state index contributed by atoms with van der Waals surface area (Å²) in [6.45, 7) is 0. The second-order valence-corrected chi connectivity index (χ2v) is 11.0. The van der Waals surface area contributed by atoms with Gasteiger partial charge in [-0.3, -0.25) is 0 Å². The molecule has 13 heteroatoms. The van der Waals surface area contributed by atoms with Crippen LogP contribution in [-0.2, 0) is 15.6 Å². The molecule has 6 nitrogen and oxygen atoms in total. The van der Waals surface area contributed by atoms with Gasteiger partial charge < -0.3 is 14.9 Å². The lowest BCUT2D eigenvalue weighted by atomic mass is 10.1. The van der Waals surface area contributed by atoms with Crippen molar-refractivity contribution in [2.24, 2.45) is 0 Å². The molecule has 0 saturated carbocycles. The first-order valence-corrected chi connectivity index (χ1v) is 12.7. The molecule has 2 N–H and O–H groups in total. The number of rotatable bonds is 6. The number of carboxylic acids is 1. The van der Waals surface area contributed by atoms with Crippen molar-refractivity contribution in [1.82, 2.24) is 0 Å². The van der Waals surface area contributed by atoms with Gasteiger partial charge in [-0.1, -0.05) is 29.8 Å². The normalized spacial score (nSPS) is 12.1. The summed E-state index contributed by atoms with van der Waals surface area (Å²) >= 11 is 6.90. The van der Waals surface area contributed by atoms with E-state index in [0.29, 0.717) is 17.0 Å². The smallest absolute Gasteiger partial charge is 0.505 e. The number of sulfone groups is 1. The minimum absolute atomic E-state index is 0.169. The number of aromatic hydroxyl groups is 1. The monoisotopic (exact) mass is 560 g/mol. The highest BCUT2D eigenvalue weighted by molar-refractivity contribution is 7.90. The van der Waals surface area contributed by atoms with Gasteiger partial charge in [0.15, 0.2) is 15.6 Å². The molecule has 0 fully saturated rings. The van der Waals surface area contributed by atoms with E-state index in [0.717, 1.165) is 33.6 Å². The van der Waals surface area contributed by atoms with Gasteiger partial charge in [-0.2, -0.15) is 0 Å². The van der Waals surface area contributed by atoms with Gasteiger partial charge in [0.25, 0.3) is 0 Å². The second-order valence-electron chi connectivity index (χ2n) is 7.51. The summed E-state index contributed by atoms with van der Waals surface area (Å²) in [6, 6.07) is 11.4. The Labute approximate surface area is 209 Å². The van der Waals surface area contributed by atoms with Crippen LogP contribution in [0.1, 0.15) is 15.9 Å². The highest BCUT2D eigenvalue weighted by Crippen LogP contribution is 2.40. The molecule has 0 spiro atoms. The number of alkyl halides is 3. The fourth-order valence-electron chi connectivity index (χ4n) is 3.45. The number of benzene rings is 3. The van der Waals surface area contributed by atoms with Crippen LogP contribution < -0.4 is 4.74 Å². The van der Waals surface area contributed by atoms with Gasteiger partial charge in [-0.05, 0) is 35.7 Å². The standard InChI is InChI=1S/C23H13ClF4O6S2/c24-15-6-12(22(30)31)8-20(21(15)29)36(32,33)10-13-5-14(16(25)9-17(13)34-23(26,27)28)19-7-11-3-1-2-4-18(11)35-19/h1-9,29H,10H2,(H,30,31). The Morgan fingerprint density at radius 2 is 1.78 bits per heavy atom. The van der Waals surface area contributed by atoms with Crippen LogP contribution >= 0.6 is 22.9 Å². The molecule has 4 rings (SSSR count). The molecule has 0 aliphatic heterocycles. The average Bonchev–Trinajstić information content (AvgIpc) is 3.19. The summed E-state index contributed by atoms with van der Waals surface area (Å²) in [5.41, 5.74) is -1.32. The predicted molar refractivity (Wildman–Crippen MR) is 125 cm³/mol. The first kappa shape index (κ1) is 25.7. The van der Waals surface area contributed by atoms with E-state index in [4.69, 9.17) is 11.6 Å². The summed E-state index contributed by atoms with van der Waals surface area (Å²) in [7, 11) is -4.70. The minimum atomic E-state index is -5.27. The fraction of sp³-hybridized carbons (Fsp3) is 0.0870. The van der Waals surface area contributed by atoms with Crippen molar-refractivity contribution in [3.63, 3.8) is 0 Å². The van der Waals surface area contributed by atoms with Crippen LogP contribution in [0.25, 0.3) is 20.5 Å². The van der Waals surface area contributed by atoms with E-state index in [1.807, 2.05) is 0 Å². The number of carboxylic acid groups (broad SMARTS) is 1. The van der Waals surface area contributed by atoms with Crippen molar-refractivity contribution >= 4 is 48.8 Å². The van der Waals surface area contributed by atoms with Crippen molar-refractivity contribution in [3.8, 4) is 21.9 Å². The van der Waals surface area contributed by atoms with Crippen LogP contribution in [0, 0.1) is 5.82 Å². The van der Waals surface area contributed by atoms with Crippen molar-refractivity contribution in [2.75, 3.05) is 0 Å². The van der Waals surface area contributed by atoms with Gasteiger partial charge in [0.1, 0.15) is 16.5 Å². The van der Waals surface area contributed by atoms with Crippen molar-refractivity contribution in [2.45, 2.75) is 17.0 Å². The number of fused-ring (bicyclic) bond motifs is 1. The molecular formula is C23H13ClF4O6S2. The average molecular weight is 561 g/mol. The Balaban J connectivity index is 1.87. The van der Waals surface area contributed by atoms with Crippen molar-refractivity contribution < 1.29 is 45.7 Å². The summed E-state index contributed by atoms with van der Waals surface area (Å²) in [5.74, 6) is -5.91. The zero-order chi connectivity index (χ0) is 26.4. The molecule has 3 aromatic carbocycles. The van der Waals surface area contributed by atoms with Crippen LogP contribution in [0.2, 0.25) is 5.02 Å². The molecule has 0 aliphatic carbocycles. The highest BCUT2D eigenvalue weighted by Gasteiger charge is 2.34. The van der Waals surface area contributed by atoms with Gasteiger partial charge in [0, 0.05) is 26.8 Å². The zero-order valence-electron chi connectivity index (χ0n) is 17.6. The molecule has 0 radical (unpaired) electrons. The third-order valence-electron chi connectivity index (χ3n) is 5.02. The van der Waals surface area contributed by atoms with E-state index in [2.05, 4.69) is 4.74 Å². The van der Waals surface area contributed by atoms with E-state index in [9.17, 15) is 41.0 Å². The maximum Gasteiger partial charge on any atom is 0.573 e. The number of halogens is 5. The zero-order valence-corrected chi connectivity index (χ0v) is 20.0. The number of hydrogen-bond acceptors (Lipinski definition) is 6. The Kier molecular flexibility index (Phi) is 6.62. The molecule has 1 aromatic heterocycles. The van der Waals surface area contributed by atoms with Crippen LogP contribution in [0.4, 0.5) is 17.6 Å².